The number of H-pyrrole nitrogens is 1. The molecule has 2 aromatic rings. The molecule has 0 amide bonds. The van der Waals surface area contributed by atoms with Gasteiger partial charge in [0, 0.05) is 17.1 Å². The van der Waals surface area contributed by atoms with Crippen molar-refractivity contribution in [3.8, 4) is 5.75 Å². The number of pyridine rings is 1. The highest BCUT2D eigenvalue weighted by Gasteiger charge is 2.54. The van der Waals surface area contributed by atoms with Crippen molar-refractivity contribution in [3.05, 3.63) is 30.2 Å². The first kappa shape index (κ1) is 14.2. The monoisotopic (exact) mass is 337 g/mol. The van der Waals surface area contributed by atoms with Gasteiger partial charge in [0.2, 0.25) is 0 Å². The van der Waals surface area contributed by atoms with Crippen molar-refractivity contribution in [1.29, 1.82) is 0 Å². The Kier molecular flexibility index (Phi) is 2.60. The second-order valence-corrected chi connectivity index (χ2v) is 9.02. The van der Waals surface area contributed by atoms with Crippen molar-refractivity contribution in [3.63, 3.8) is 0 Å². The van der Waals surface area contributed by atoms with Crippen molar-refractivity contribution in [1.82, 2.24) is 15.2 Å². The zero-order chi connectivity index (χ0) is 16.8. The fourth-order valence-electron chi connectivity index (χ4n) is 6.86. The van der Waals surface area contributed by atoms with Crippen LogP contribution < -0.4 is 4.84 Å². The summed E-state index contributed by atoms with van der Waals surface area (Å²) in [7, 11) is 0. The van der Waals surface area contributed by atoms with Gasteiger partial charge in [-0.1, -0.05) is 12.2 Å². The molecule has 3 heterocycles. The summed E-state index contributed by atoms with van der Waals surface area (Å²) in [6.07, 6.45) is 12.2. The third-order valence-corrected chi connectivity index (χ3v) is 7.22. The Labute approximate surface area is 146 Å². The summed E-state index contributed by atoms with van der Waals surface area (Å²) in [6.45, 7) is 2.49. The number of nitrogens with one attached hydrogen (secondary N) is 1. The molecule has 2 aromatic heterocycles. The number of hydroxylamine groups is 2. The molecule has 25 heavy (non-hydrogen) atoms. The van der Waals surface area contributed by atoms with E-state index >= 15 is 0 Å². The molecule has 2 N–H and O–H groups in total. The average molecular weight is 337 g/mol. The fraction of sp³-hybridized carbons (Fsp3) is 0.550. The van der Waals surface area contributed by atoms with E-state index in [1.165, 1.54) is 37.7 Å². The Bertz CT molecular complexity index is 885. The third kappa shape index (κ3) is 1.90. The lowest BCUT2D eigenvalue weighted by Gasteiger charge is -2.60. The third-order valence-electron chi connectivity index (χ3n) is 7.22. The number of hydrogen-bond acceptors (Lipinski definition) is 4. The SMILES string of the molecule is CC12CC3CC(C1)C(C1=CN(O)Oc4cnc5[nH]ccc5c41)C(C3)C2. The lowest BCUT2D eigenvalue weighted by atomic mass is 9.45. The van der Waals surface area contributed by atoms with Gasteiger partial charge < -0.3 is 9.82 Å². The van der Waals surface area contributed by atoms with Crippen LogP contribution in [0.5, 0.6) is 5.75 Å². The van der Waals surface area contributed by atoms with Gasteiger partial charge in [-0.2, -0.15) is 0 Å². The van der Waals surface area contributed by atoms with Gasteiger partial charge in [-0.25, -0.2) is 4.98 Å². The minimum absolute atomic E-state index is 0.516. The molecule has 1 aliphatic heterocycles. The first-order valence-corrected chi connectivity index (χ1v) is 9.44. The van der Waals surface area contributed by atoms with Gasteiger partial charge in [-0.3, -0.25) is 5.21 Å². The number of hydrogen-bond donors (Lipinski definition) is 2. The van der Waals surface area contributed by atoms with E-state index in [4.69, 9.17) is 4.84 Å². The predicted molar refractivity (Wildman–Crippen MR) is 93.5 cm³/mol. The molecule has 5 aliphatic rings. The summed E-state index contributed by atoms with van der Waals surface area (Å²) in [4.78, 5) is 13.2. The lowest BCUT2D eigenvalue weighted by Crippen LogP contribution is -2.50. The van der Waals surface area contributed by atoms with Crippen LogP contribution in [0.25, 0.3) is 16.6 Å². The Hall–Kier alpha value is -2.01. The largest absolute Gasteiger partial charge is 0.352 e. The molecular formula is C20H23N3O2. The minimum Gasteiger partial charge on any atom is -0.352 e. The van der Waals surface area contributed by atoms with Crippen molar-refractivity contribution in [2.75, 3.05) is 0 Å². The lowest BCUT2D eigenvalue weighted by molar-refractivity contribution is -0.244. The van der Waals surface area contributed by atoms with Crippen LogP contribution in [-0.4, -0.2) is 20.4 Å². The van der Waals surface area contributed by atoms with Crippen LogP contribution in [-0.2, 0) is 0 Å². The second kappa shape index (κ2) is 4.58. The summed E-state index contributed by atoms with van der Waals surface area (Å²) >= 11 is 0. The molecule has 5 heteroatoms. The van der Waals surface area contributed by atoms with E-state index in [0.717, 1.165) is 39.6 Å². The Morgan fingerprint density at radius 3 is 2.84 bits per heavy atom. The van der Waals surface area contributed by atoms with Crippen molar-refractivity contribution in [2.24, 2.45) is 29.1 Å². The summed E-state index contributed by atoms with van der Waals surface area (Å²) in [5, 5.41) is 12.1. The Balaban J connectivity index is 1.52. The minimum atomic E-state index is 0.516. The number of allylic oxidation sites excluding steroid dienone is 1. The first-order chi connectivity index (χ1) is 12.1. The smallest absolute Gasteiger partial charge is 0.184 e. The normalized spacial score (nSPS) is 38.6. The fourth-order valence-corrected chi connectivity index (χ4v) is 6.86. The maximum atomic E-state index is 10.2. The van der Waals surface area contributed by atoms with E-state index in [1.54, 1.807) is 6.20 Å². The Morgan fingerprint density at radius 2 is 2.08 bits per heavy atom. The molecule has 0 spiro atoms. The predicted octanol–water partition coefficient (Wildman–Crippen LogP) is 4.36. The molecule has 0 aromatic carbocycles. The van der Waals surface area contributed by atoms with Crippen molar-refractivity contribution < 1.29 is 10.0 Å². The van der Waals surface area contributed by atoms with Crippen molar-refractivity contribution in [2.45, 2.75) is 39.0 Å². The highest BCUT2D eigenvalue weighted by atomic mass is 16.9. The molecule has 0 radical (unpaired) electrons. The molecule has 4 saturated carbocycles. The molecule has 130 valence electrons. The second-order valence-electron chi connectivity index (χ2n) is 9.02. The van der Waals surface area contributed by atoms with Crippen LogP contribution in [0.2, 0.25) is 0 Å². The van der Waals surface area contributed by atoms with E-state index in [9.17, 15) is 5.21 Å². The molecule has 4 bridgehead atoms. The topological polar surface area (TPSA) is 61.4 Å². The quantitative estimate of drug-likeness (QED) is 0.811. The Morgan fingerprint density at radius 1 is 1.28 bits per heavy atom. The number of aromatic amines is 1. The zero-order valence-corrected chi connectivity index (χ0v) is 14.4. The van der Waals surface area contributed by atoms with E-state index in [0.29, 0.717) is 17.1 Å². The highest BCUT2D eigenvalue weighted by Crippen LogP contribution is 2.65. The van der Waals surface area contributed by atoms with E-state index in [1.807, 2.05) is 12.4 Å². The molecule has 2 unspecified atom stereocenters. The van der Waals surface area contributed by atoms with E-state index in [-0.39, 0.29) is 0 Å². The maximum Gasteiger partial charge on any atom is 0.184 e. The van der Waals surface area contributed by atoms with Gasteiger partial charge >= 0.3 is 0 Å². The van der Waals surface area contributed by atoms with Gasteiger partial charge in [0.05, 0.1) is 12.4 Å². The number of fused-ring (bicyclic) bond motifs is 3. The first-order valence-electron chi connectivity index (χ1n) is 9.44. The van der Waals surface area contributed by atoms with Gasteiger partial charge in [-0.05, 0) is 72.8 Å². The summed E-state index contributed by atoms with van der Waals surface area (Å²) in [6, 6.07) is 2.07. The molecular weight excluding hydrogens is 314 g/mol. The molecule has 2 atom stereocenters. The number of aromatic nitrogens is 2. The van der Waals surface area contributed by atoms with Crippen LogP contribution in [0.1, 0.15) is 44.6 Å². The van der Waals surface area contributed by atoms with E-state index < -0.39 is 0 Å². The molecule has 5 nitrogen and oxygen atoms in total. The van der Waals surface area contributed by atoms with Gasteiger partial charge in [0.25, 0.3) is 0 Å². The number of nitrogens with zero attached hydrogens (tertiary/aromatic N) is 2. The van der Waals surface area contributed by atoms with Crippen LogP contribution in [0.3, 0.4) is 0 Å². The number of rotatable bonds is 1. The molecule has 7 rings (SSSR count). The van der Waals surface area contributed by atoms with Crippen LogP contribution >= 0.6 is 0 Å². The summed E-state index contributed by atoms with van der Waals surface area (Å²) < 4.78 is 0. The molecule has 0 saturated heterocycles. The molecule has 4 fully saturated rings. The standard InChI is InChI=1S/C20H23N3O2/c1-20-6-11-4-12(7-20)17(13(5-11)8-20)15-10-23(24)25-16-9-22-19-14(18(15)16)2-3-21-19/h2-3,9-13,17,24H,4-8H2,1H3,(H,21,22). The molecule has 4 aliphatic carbocycles. The van der Waals surface area contributed by atoms with Crippen LogP contribution in [0.4, 0.5) is 0 Å². The van der Waals surface area contributed by atoms with E-state index in [2.05, 4.69) is 23.0 Å². The van der Waals surface area contributed by atoms with Gasteiger partial charge in [0.15, 0.2) is 5.75 Å². The summed E-state index contributed by atoms with van der Waals surface area (Å²) in [5.41, 5.74) is 3.80. The highest BCUT2D eigenvalue weighted by molar-refractivity contribution is 5.94. The zero-order valence-electron chi connectivity index (χ0n) is 14.4. The van der Waals surface area contributed by atoms with Gasteiger partial charge in [0.1, 0.15) is 5.65 Å². The van der Waals surface area contributed by atoms with Gasteiger partial charge in [-0.15, -0.1) is 0 Å². The van der Waals surface area contributed by atoms with Crippen LogP contribution in [0, 0.1) is 29.1 Å². The van der Waals surface area contributed by atoms with Crippen LogP contribution in [0.15, 0.2) is 24.7 Å². The van der Waals surface area contributed by atoms with Crippen molar-refractivity contribution >= 4 is 16.6 Å². The average Bonchev–Trinajstić information content (AvgIpc) is 3.00. The summed E-state index contributed by atoms with van der Waals surface area (Å²) in [5.74, 6) is 3.54. The maximum absolute atomic E-state index is 10.2.